The second-order valence-electron chi connectivity index (χ2n) is 4.37. The molecule has 0 saturated carbocycles. The van der Waals surface area contributed by atoms with Gasteiger partial charge in [-0.15, -0.1) is 0 Å². The zero-order valence-corrected chi connectivity index (χ0v) is 11.2. The summed E-state index contributed by atoms with van der Waals surface area (Å²) < 4.78 is 10.0. The van der Waals surface area contributed by atoms with Gasteiger partial charge in [-0.2, -0.15) is 0 Å². The Morgan fingerprint density at radius 1 is 1.12 bits per heavy atom. The van der Waals surface area contributed by atoms with E-state index in [0.717, 1.165) is 6.16 Å². The molecule has 0 aliphatic heterocycles. The molecule has 98 valence electrons. The molecule has 0 spiro atoms. The maximum Gasteiger partial charge on any atom is 0.155 e. The van der Waals surface area contributed by atoms with E-state index in [-0.39, 0.29) is 8.46 Å². The Bertz CT molecular complexity index is 166. The van der Waals surface area contributed by atoms with Crippen LogP contribution in [0.5, 0.6) is 0 Å². The average Bonchev–Trinajstić information content (AvgIpc) is 2.29. The van der Waals surface area contributed by atoms with Gasteiger partial charge in [0.25, 0.3) is 0 Å². The highest BCUT2D eigenvalue weighted by Gasteiger charge is 2.20. The van der Waals surface area contributed by atoms with Crippen LogP contribution in [0.15, 0.2) is 0 Å². The van der Waals surface area contributed by atoms with Crippen molar-refractivity contribution >= 4 is 8.46 Å². The molecule has 0 saturated heterocycles. The molecule has 0 aromatic heterocycles. The van der Waals surface area contributed by atoms with Gasteiger partial charge in [0.1, 0.15) is 0 Å². The molecule has 0 aromatic rings. The smallest absolute Gasteiger partial charge is 0.155 e. The number of aliphatic hydroxyl groups excluding tert-OH is 3. The molecule has 0 heterocycles. The van der Waals surface area contributed by atoms with Gasteiger partial charge < -0.3 is 21.1 Å². The van der Waals surface area contributed by atoms with Gasteiger partial charge >= 0.3 is 0 Å². The summed E-state index contributed by atoms with van der Waals surface area (Å²) in [5.74, 6) is 1.26. The number of hydrogen-bond donors (Lipinski definition) is 4. The maximum absolute atomic E-state index is 10.0. The van der Waals surface area contributed by atoms with Gasteiger partial charge in [0, 0.05) is 6.16 Å². The van der Waals surface area contributed by atoms with Crippen molar-refractivity contribution in [2.75, 3.05) is 26.0 Å². The van der Waals surface area contributed by atoms with Crippen LogP contribution in [0, 0.1) is 11.8 Å². The third-order valence-corrected chi connectivity index (χ3v) is 3.17. The third kappa shape index (κ3) is 9.19. The van der Waals surface area contributed by atoms with Crippen LogP contribution in [0.4, 0.5) is 0 Å². The Balaban J connectivity index is 0. The largest absolute Gasteiger partial charge is 0.394 e. The zero-order valence-electron chi connectivity index (χ0n) is 10.3. The Kier molecular flexibility index (Phi) is 11.6. The van der Waals surface area contributed by atoms with Crippen LogP contribution >= 0.6 is 8.46 Å². The molecule has 0 radical (unpaired) electrons. The lowest BCUT2D eigenvalue weighted by Gasteiger charge is -2.20. The highest BCUT2D eigenvalue weighted by Crippen LogP contribution is 2.13. The summed E-state index contributed by atoms with van der Waals surface area (Å²) in [5, 5.41) is 25.0. The van der Waals surface area contributed by atoms with Crippen molar-refractivity contribution in [3.05, 3.63) is 0 Å². The van der Waals surface area contributed by atoms with Gasteiger partial charge in [-0.3, -0.25) is 4.57 Å². The normalized spacial score (nSPS) is 13.5. The predicted octanol–water partition coefficient (Wildman–Crippen LogP) is 0.231. The van der Waals surface area contributed by atoms with Crippen molar-refractivity contribution in [1.29, 1.82) is 0 Å². The van der Waals surface area contributed by atoms with E-state index in [9.17, 15) is 4.57 Å². The van der Waals surface area contributed by atoms with E-state index < -0.39 is 25.4 Å². The molecule has 1 unspecified atom stereocenters. The molecule has 6 heteroatoms. The second kappa shape index (κ2) is 10.1. The van der Waals surface area contributed by atoms with E-state index in [4.69, 9.17) is 21.1 Å². The Labute approximate surface area is 98.9 Å². The Morgan fingerprint density at radius 2 is 1.50 bits per heavy atom. The lowest BCUT2D eigenvalue weighted by molar-refractivity contribution is 0.0698. The quantitative estimate of drug-likeness (QED) is 0.507. The summed E-state index contributed by atoms with van der Waals surface area (Å²) >= 11 is 0. The van der Waals surface area contributed by atoms with E-state index in [1.807, 2.05) is 0 Å². The summed E-state index contributed by atoms with van der Waals surface area (Å²) in [6, 6.07) is 0. The first kappa shape index (κ1) is 18.3. The van der Waals surface area contributed by atoms with Gasteiger partial charge in [0.05, 0.1) is 25.4 Å². The predicted molar refractivity (Wildman–Crippen MR) is 64.7 cm³/mol. The molecular weight excluding hydrogens is 229 g/mol. The van der Waals surface area contributed by atoms with Crippen LogP contribution in [0.2, 0.25) is 0 Å². The third-order valence-electron chi connectivity index (χ3n) is 2.45. The standard InChI is InChI=1S/C6H13OP.C4H11NO3/c1-5(2)6(3)4-8-7;5-4(1-6,2-7)3-8/h5-6H,4H2,1-3H3;6-8H,1-3,5H2. The molecule has 0 amide bonds. The molecular formula is C10H24NO4P. The van der Waals surface area contributed by atoms with E-state index in [2.05, 4.69) is 20.8 Å². The summed E-state index contributed by atoms with van der Waals surface area (Å²) in [4.78, 5) is 0. The first-order chi connectivity index (χ1) is 7.36. The molecule has 5 N–H and O–H groups in total. The molecule has 0 aromatic carbocycles. The number of rotatable bonds is 6. The lowest BCUT2D eigenvalue weighted by atomic mass is 10.0. The second-order valence-corrected chi connectivity index (χ2v) is 4.99. The van der Waals surface area contributed by atoms with E-state index >= 15 is 0 Å². The minimum Gasteiger partial charge on any atom is -0.394 e. The van der Waals surface area contributed by atoms with E-state index in [1.54, 1.807) is 0 Å². The summed E-state index contributed by atoms with van der Waals surface area (Å²) in [6.07, 6.45) is 0.803. The van der Waals surface area contributed by atoms with Crippen molar-refractivity contribution in [2.45, 2.75) is 26.3 Å². The first-order valence-electron chi connectivity index (χ1n) is 5.27. The zero-order chi connectivity index (χ0) is 13.2. The maximum atomic E-state index is 10.0. The molecule has 16 heavy (non-hydrogen) atoms. The Hall–Kier alpha value is -0.0600. The van der Waals surface area contributed by atoms with Crippen LogP contribution in [0.25, 0.3) is 0 Å². The molecule has 1 atom stereocenters. The van der Waals surface area contributed by atoms with Gasteiger partial charge in [0.2, 0.25) is 0 Å². The van der Waals surface area contributed by atoms with E-state index in [1.165, 1.54) is 0 Å². The van der Waals surface area contributed by atoms with Crippen LogP contribution in [-0.2, 0) is 4.57 Å². The average molecular weight is 253 g/mol. The highest BCUT2D eigenvalue weighted by molar-refractivity contribution is 7.23. The van der Waals surface area contributed by atoms with Crippen molar-refractivity contribution in [3.8, 4) is 0 Å². The Morgan fingerprint density at radius 3 is 1.56 bits per heavy atom. The van der Waals surface area contributed by atoms with Crippen LogP contribution in [0.1, 0.15) is 20.8 Å². The van der Waals surface area contributed by atoms with Crippen molar-refractivity contribution in [3.63, 3.8) is 0 Å². The van der Waals surface area contributed by atoms with Crippen LogP contribution in [-0.4, -0.2) is 46.8 Å². The minimum absolute atomic E-state index is 0.284. The van der Waals surface area contributed by atoms with Crippen molar-refractivity contribution < 1.29 is 19.9 Å². The molecule has 0 aliphatic carbocycles. The SMILES string of the molecule is CC(C)C(C)CP=O.NC(CO)(CO)CO. The molecule has 0 rings (SSSR count). The lowest BCUT2D eigenvalue weighted by Crippen LogP contribution is -2.50. The minimum atomic E-state index is -1.21. The topological polar surface area (TPSA) is 104 Å². The fraction of sp³-hybridized carbons (Fsp3) is 1.00. The molecule has 0 bridgehead atoms. The highest BCUT2D eigenvalue weighted by atomic mass is 31.1. The van der Waals surface area contributed by atoms with E-state index in [0.29, 0.717) is 11.8 Å². The van der Waals surface area contributed by atoms with Crippen LogP contribution < -0.4 is 5.73 Å². The molecule has 0 fully saturated rings. The molecule has 5 nitrogen and oxygen atoms in total. The van der Waals surface area contributed by atoms with Crippen molar-refractivity contribution in [2.24, 2.45) is 17.6 Å². The van der Waals surface area contributed by atoms with Gasteiger partial charge in [-0.05, 0) is 11.8 Å². The van der Waals surface area contributed by atoms with Crippen LogP contribution in [0.3, 0.4) is 0 Å². The van der Waals surface area contributed by atoms with Gasteiger partial charge in [-0.25, -0.2) is 0 Å². The number of nitrogens with two attached hydrogens (primary N) is 1. The monoisotopic (exact) mass is 253 g/mol. The number of hydrogen-bond acceptors (Lipinski definition) is 5. The first-order valence-corrected chi connectivity index (χ1v) is 6.27. The fourth-order valence-corrected chi connectivity index (χ4v) is 1.14. The fourth-order valence-electron chi connectivity index (χ4n) is 0.478. The summed E-state index contributed by atoms with van der Waals surface area (Å²) in [5.41, 5.74) is 3.94. The van der Waals surface area contributed by atoms with Gasteiger partial charge in [0.15, 0.2) is 8.46 Å². The molecule has 0 aliphatic rings. The van der Waals surface area contributed by atoms with Gasteiger partial charge in [-0.1, -0.05) is 20.8 Å². The van der Waals surface area contributed by atoms with Crippen molar-refractivity contribution in [1.82, 2.24) is 0 Å². The summed E-state index contributed by atoms with van der Waals surface area (Å²) in [6.45, 7) is 5.21. The number of aliphatic hydroxyl groups is 3. The summed E-state index contributed by atoms with van der Waals surface area (Å²) in [7, 11) is 0.284.